The second-order valence-electron chi connectivity index (χ2n) is 8.09. The minimum Gasteiger partial charge on any atom is -0.497 e. The van der Waals surface area contributed by atoms with Gasteiger partial charge in [-0.3, -0.25) is 0 Å². The Morgan fingerprint density at radius 2 is 1.51 bits per heavy atom. The number of methoxy groups -OCH3 is 1. The highest BCUT2D eigenvalue weighted by Crippen LogP contribution is 2.26. The van der Waals surface area contributed by atoms with Gasteiger partial charge in [-0.15, -0.1) is 0 Å². The first-order valence-electron chi connectivity index (χ1n) is 11.2. The number of ether oxygens (including phenoxy) is 2. The van der Waals surface area contributed by atoms with E-state index in [0.29, 0.717) is 17.1 Å². The SMILES string of the molecule is COc1ccc(-c2cc(=Nc3ccc(OC(=O)c4ccccc4)cc3)c3cc(C)ccc3o2)cc1. The number of hydrogen-bond donors (Lipinski definition) is 0. The van der Waals surface area contributed by atoms with E-state index in [-0.39, 0.29) is 0 Å². The van der Waals surface area contributed by atoms with Crippen molar-refractivity contribution >= 4 is 22.6 Å². The van der Waals surface area contributed by atoms with Gasteiger partial charge in [0.1, 0.15) is 22.8 Å². The van der Waals surface area contributed by atoms with Gasteiger partial charge in [0.25, 0.3) is 0 Å². The molecule has 0 atom stereocenters. The van der Waals surface area contributed by atoms with Gasteiger partial charge in [0.15, 0.2) is 0 Å². The van der Waals surface area contributed by atoms with Crippen LogP contribution in [0.5, 0.6) is 11.5 Å². The minimum absolute atomic E-state index is 0.398. The second-order valence-corrected chi connectivity index (χ2v) is 8.09. The average Bonchev–Trinajstić information content (AvgIpc) is 2.90. The largest absolute Gasteiger partial charge is 0.497 e. The van der Waals surface area contributed by atoms with Crippen LogP contribution in [0.1, 0.15) is 15.9 Å². The Kier molecular flexibility index (Phi) is 6.14. The Balaban J connectivity index is 1.51. The summed E-state index contributed by atoms with van der Waals surface area (Å²) in [6.07, 6.45) is 0. The van der Waals surface area contributed by atoms with Crippen LogP contribution in [0, 0.1) is 6.92 Å². The van der Waals surface area contributed by atoms with Crippen LogP contribution in [-0.2, 0) is 0 Å². The Labute approximate surface area is 202 Å². The number of aryl methyl sites for hydroxylation is 1. The number of carbonyl (C=O) groups is 1. The first-order chi connectivity index (χ1) is 17.1. The zero-order chi connectivity index (χ0) is 24.2. The summed E-state index contributed by atoms with van der Waals surface area (Å²) in [6.45, 7) is 2.04. The Morgan fingerprint density at radius 3 is 2.23 bits per heavy atom. The van der Waals surface area contributed by atoms with Gasteiger partial charge in [0.2, 0.25) is 0 Å². The van der Waals surface area contributed by atoms with Crippen molar-refractivity contribution in [1.82, 2.24) is 0 Å². The van der Waals surface area contributed by atoms with E-state index in [0.717, 1.165) is 38.9 Å². The molecular formula is C30H23NO4. The van der Waals surface area contributed by atoms with Gasteiger partial charge in [-0.1, -0.05) is 29.8 Å². The number of esters is 1. The first-order valence-corrected chi connectivity index (χ1v) is 11.2. The van der Waals surface area contributed by atoms with Gasteiger partial charge in [0.05, 0.1) is 23.7 Å². The van der Waals surface area contributed by atoms with Crippen molar-refractivity contribution in [3.63, 3.8) is 0 Å². The Hall–Kier alpha value is -4.64. The third kappa shape index (κ3) is 4.99. The highest BCUT2D eigenvalue weighted by atomic mass is 16.5. The molecule has 5 nitrogen and oxygen atoms in total. The molecule has 0 bridgehead atoms. The van der Waals surface area contributed by atoms with Crippen molar-refractivity contribution in [2.75, 3.05) is 7.11 Å². The summed E-state index contributed by atoms with van der Waals surface area (Å²) in [5, 5.41) is 1.71. The van der Waals surface area contributed by atoms with E-state index in [1.807, 2.05) is 67.6 Å². The van der Waals surface area contributed by atoms with Crippen molar-refractivity contribution in [2.24, 2.45) is 4.99 Å². The highest BCUT2D eigenvalue weighted by Gasteiger charge is 2.09. The second kappa shape index (κ2) is 9.69. The summed E-state index contributed by atoms with van der Waals surface area (Å²) in [5.74, 6) is 1.55. The van der Waals surface area contributed by atoms with Gasteiger partial charge < -0.3 is 13.9 Å². The molecule has 0 aliphatic rings. The van der Waals surface area contributed by atoms with Crippen molar-refractivity contribution in [3.8, 4) is 22.8 Å². The molecule has 0 fully saturated rings. The Morgan fingerprint density at radius 1 is 0.800 bits per heavy atom. The molecule has 5 heteroatoms. The highest BCUT2D eigenvalue weighted by molar-refractivity contribution is 5.91. The maximum absolute atomic E-state index is 12.3. The van der Waals surface area contributed by atoms with Gasteiger partial charge in [-0.2, -0.15) is 0 Å². The maximum atomic E-state index is 12.3. The predicted octanol–water partition coefficient (Wildman–Crippen LogP) is 6.87. The van der Waals surface area contributed by atoms with Crippen LogP contribution in [0.2, 0.25) is 0 Å². The van der Waals surface area contributed by atoms with Crippen molar-refractivity contribution in [3.05, 3.63) is 120 Å². The number of hydrogen-bond acceptors (Lipinski definition) is 5. The lowest BCUT2D eigenvalue weighted by Crippen LogP contribution is -2.07. The fraction of sp³-hybridized carbons (Fsp3) is 0.0667. The lowest BCUT2D eigenvalue weighted by Gasteiger charge is -2.07. The van der Waals surface area contributed by atoms with E-state index in [1.165, 1.54) is 0 Å². The van der Waals surface area contributed by atoms with Crippen LogP contribution in [-0.4, -0.2) is 13.1 Å². The number of fused-ring (bicyclic) bond motifs is 1. The van der Waals surface area contributed by atoms with E-state index < -0.39 is 5.97 Å². The number of rotatable bonds is 5. The molecule has 0 saturated heterocycles. The van der Waals surface area contributed by atoms with Crippen LogP contribution in [0.25, 0.3) is 22.3 Å². The molecule has 35 heavy (non-hydrogen) atoms. The zero-order valence-electron chi connectivity index (χ0n) is 19.4. The van der Waals surface area contributed by atoms with Gasteiger partial charge >= 0.3 is 5.97 Å². The first kappa shape index (κ1) is 22.2. The lowest BCUT2D eigenvalue weighted by molar-refractivity contribution is 0.0735. The molecule has 0 unspecified atom stereocenters. The number of carbonyl (C=O) groups excluding carboxylic acids is 1. The molecule has 0 N–H and O–H groups in total. The van der Waals surface area contributed by atoms with Crippen molar-refractivity contribution in [1.29, 1.82) is 0 Å². The zero-order valence-corrected chi connectivity index (χ0v) is 19.4. The monoisotopic (exact) mass is 461 g/mol. The molecule has 1 heterocycles. The van der Waals surface area contributed by atoms with Crippen LogP contribution in [0.15, 0.2) is 113 Å². The molecule has 0 aliphatic heterocycles. The summed E-state index contributed by atoms with van der Waals surface area (Å²) in [4.78, 5) is 17.2. The van der Waals surface area contributed by atoms with E-state index in [2.05, 4.69) is 6.07 Å². The van der Waals surface area contributed by atoms with Gasteiger partial charge in [0, 0.05) is 17.0 Å². The van der Waals surface area contributed by atoms with Crippen LogP contribution in [0.3, 0.4) is 0 Å². The van der Waals surface area contributed by atoms with E-state index in [4.69, 9.17) is 18.9 Å². The van der Waals surface area contributed by atoms with Crippen molar-refractivity contribution in [2.45, 2.75) is 6.92 Å². The molecule has 5 aromatic rings. The standard InChI is InChI=1S/C30H23NO4/c1-20-8-17-28-26(18-20)27(19-29(35-28)21-9-13-24(33-2)14-10-21)31-23-11-15-25(16-12-23)34-30(32)22-6-4-3-5-7-22/h3-19H,1-2H3. The third-order valence-electron chi connectivity index (χ3n) is 5.58. The predicted molar refractivity (Wildman–Crippen MR) is 136 cm³/mol. The average molecular weight is 462 g/mol. The summed E-state index contributed by atoms with van der Waals surface area (Å²) < 4.78 is 17.0. The fourth-order valence-corrected chi connectivity index (χ4v) is 3.74. The van der Waals surface area contributed by atoms with E-state index in [9.17, 15) is 4.79 Å². The van der Waals surface area contributed by atoms with E-state index >= 15 is 0 Å². The van der Waals surface area contributed by atoms with E-state index in [1.54, 1.807) is 43.5 Å². The molecule has 0 saturated carbocycles. The topological polar surface area (TPSA) is 61.0 Å². The third-order valence-corrected chi connectivity index (χ3v) is 5.58. The summed E-state index contributed by atoms with van der Waals surface area (Å²) in [6, 6.07) is 31.7. The molecule has 0 amide bonds. The summed E-state index contributed by atoms with van der Waals surface area (Å²) in [7, 11) is 1.64. The smallest absolute Gasteiger partial charge is 0.343 e. The summed E-state index contributed by atoms with van der Waals surface area (Å²) in [5.41, 5.74) is 4.02. The van der Waals surface area contributed by atoms with Gasteiger partial charge in [-0.25, -0.2) is 9.79 Å². The molecule has 0 aliphatic carbocycles. The normalized spacial score (nSPS) is 11.4. The molecular weight excluding hydrogens is 438 g/mol. The molecule has 0 radical (unpaired) electrons. The maximum Gasteiger partial charge on any atom is 0.343 e. The summed E-state index contributed by atoms with van der Waals surface area (Å²) >= 11 is 0. The number of nitrogens with zero attached hydrogens (tertiary/aromatic N) is 1. The van der Waals surface area contributed by atoms with Crippen LogP contribution in [0.4, 0.5) is 5.69 Å². The van der Waals surface area contributed by atoms with Crippen LogP contribution >= 0.6 is 0 Å². The molecule has 5 rings (SSSR count). The Bertz CT molecular complexity index is 1550. The molecule has 0 spiro atoms. The molecule has 172 valence electrons. The minimum atomic E-state index is -0.398. The van der Waals surface area contributed by atoms with Gasteiger partial charge in [-0.05, 0) is 79.7 Å². The molecule has 4 aromatic carbocycles. The van der Waals surface area contributed by atoms with Crippen LogP contribution < -0.4 is 14.8 Å². The number of benzene rings is 4. The fourth-order valence-electron chi connectivity index (χ4n) is 3.74. The lowest BCUT2D eigenvalue weighted by atomic mass is 10.1. The van der Waals surface area contributed by atoms with Crippen molar-refractivity contribution < 1.29 is 18.7 Å². The quantitative estimate of drug-likeness (QED) is 0.212. The molecule has 1 aromatic heterocycles.